The van der Waals surface area contributed by atoms with E-state index < -0.39 is 5.97 Å². The van der Waals surface area contributed by atoms with Crippen molar-refractivity contribution in [2.24, 2.45) is 5.92 Å². The first-order valence-corrected chi connectivity index (χ1v) is 7.68. The molecule has 1 atom stereocenters. The summed E-state index contributed by atoms with van der Waals surface area (Å²) in [4.78, 5) is 10.5. The minimum Gasteiger partial charge on any atom is -0.481 e. The summed E-state index contributed by atoms with van der Waals surface area (Å²) in [5, 5.41) is 8.64. The molecule has 0 saturated carbocycles. The fourth-order valence-electron chi connectivity index (χ4n) is 2.31. The van der Waals surface area contributed by atoms with E-state index in [4.69, 9.17) is 5.11 Å². The Labute approximate surface area is 113 Å². The molecule has 0 bridgehead atoms. The van der Waals surface area contributed by atoms with Gasteiger partial charge in [-0.2, -0.15) is 0 Å². The predicted octanol–water partition coefficient (Wildman–Crippen LogP) is 5.22. The first-order chi connectivity index (χ1) is 8.66. The first kappa shape index (κ1) is 17.5. The number of aliphatic carboxylic acids is 1. The number of rotatable bonds is 13. The van der Waals surface area contributed by atoms with Gasteiger partial charge < -0.3 is 5.11 Å². The van der Waals surface area contributed by atoms with Crippen molar-refractivity contribution >= 4 is 5.97 Å². The monoisotopic (exact) mass is 255 g/mol. The van der Waals surface area contributed by atoms with Crippen LogP contribution in [0.2, 0.25) is 0 Å². The van der Waals surface area contributed by atoms with E-state index in [1.165, 1.54) is 57.8 Å². The van der Waals surface area contributed by atoms with Gasteiger partial charge in [0.05, 0.1) is 0 Å². The van der Waals surface area contributed by atoms with Crippen molar-refractivity contribution in [1.29, 1.82) is 0 Å². The summed E-state index contributed by atoms with van der Waals surface area (Å²) in [6.07, 6.45) is 14.3. The zero-order valence-electron chi connectivity index (χ0n) is 12.1. The normalized spacial score (nSPS) is 12.6. The van der Waals surface area contributed by atoms with Gasteiger partial charge in [0.1, 0.15) is 0 Å². The lowest BCUT2D eigenvalue weighted by Gasteiger charge is -2.07. The molecular formula is C16H31O2. The van der Waals surface area contributed by atoms with Crippen LogP contribution >= 0.6 is 0 Å². The van der Waals surface area contributed by atoms with Crippen molar-refractivity contribution in [3.63, 3.8) is 0 Å². The van der Waals surface area contributed by atoms with Crippen LogP contribution in [0.4, 0.5) is 0 Å². The molecule has 0 spiro atoms. The molecule has 2 nitrogen and oxygen atoms in total. The highest BCUT2D eigenvalue weighted by Crippen LogP contribution is 2.15. The van der Waals surface area contributed by atoms with Gasteiger partial charge in [0.2, 0.25) is 0 Å². The maximum atomic E-state index is 10.5. The minimum atomic E-state index is -0.662. The van der Waals surface area contributed by atoms with Crippen molar-refractivity contribution in [1.82, 2.24) is 0 Å². The SMILES string of the molecule is [CH2]CCCCCCCCCCCC(C)CC(=O)O. The van der Waals surface area contributed by atoms with E-state index in [-0.39, 0.29) is 0 Å². The number of hydrogen-bond acceptors (Lipinski definition) is 1. The molecule has 0 aromatic rings. The van der Waals surface area contributed by atoms with Gasteiger partial charge in [0.25, 0.3) is 0 Å². The molecule has 0 aromatic carbocycles. The van der Waals surface area contributed by atoms with Gasteiger partial charge in [-0.25, -0.2) is 0 Å². The zero-order valence-corrected chi connectivity index (χ0v) is 12.1. The van der Waals surface area contributed by atoms with Crippen LogP contribution in [0.25, 0.3) is 0 Å². The molecule has 0 fully saturated rings. The Morgan fingerprint density at radius 1 is 0.944 bits per heavy atom. The highest BCUT2D eigenvalue weighted by molar-refractivity contribution is 5.66. The Morgan fingerprint density at radius 3 is 1.83 bits per heavy atom. The quantitative estimate of drug-likeness (QED) is 0.458. The molecule has 18 heavy (non-hydrogen) atoms. The van der Waals surface area contributed by atoms with Crippen LogP contribution in [0.5, 0.6) is 0 Å². The second-order valence-corrected chi connectivity index (χ2v) is 5.53. The molecule has 0 aliphatic heterocycles. The van der Waals surface area contributed by atoms with Gasteiger partial charge in [0, 0.05) is 6.42 Å². The number of carboxylic acids is 1. The van der Waals surface area contributed by atoms with Crippen LogP contribution < -0.4 is 0 Å². The Morgan fingerprint density at radius 2 is 1.39 bits per heavy atom. The van der Waals surface area contributed by atoms with Gasteiger partial charge >= 0.3 is 5.97 Å². The molecule has 2 heteroatoms. The van der Waals surface area contributed by atoms with Crippen LogP contribution in [0, 0.1) is 12.8 Å². The van der Waals surface area contributed by atoms with E-state index in [0.29, 0.717) is 12.3 Å². The van der Waals surface area contributed by atoms with E-state index in [1.54, 1.807) is 0 Å². The largest absolute Gasteiger partial charge is 0.481 e. The Bertz CT molecular complexity index is 190. The van der Waals surface area contributed by atoms with Crippen LogP contribution in [-0.4, -0.2) is 11.1 Å². The molecule has 107 valence electrons. The lowest BCUT2D eigenvalue weighted by Crippen LogP contribution is -2.03. The summed E-state index contributed by atoms with van der Waals surface area (Å²) >= 11 is 0. The third-order valence-corrected chi connectivity index (χ3v) is 3.47. The summed E-state index contributed by atoms with van der Waals surface area (Å²) in [5.74, 6) is -0.324. The van der Waals surface area contributed by atoms with Crippen molar-refractivity contribution in [2.45, 2.75) is 84.0 Å². The third kappa shape index (κ3) is 13.5. The molecule has 0 aliphatic rings. The van der Waals surface area contributed by atoms with E-state index in [9.17, 15) is 4.79 Å². The summed E-state index contributed by atoms with van der Waals surface area (Å²) in [5.41, 5.74) is 0. The number of hydrogen-bond donors (Lipinski definition) is 1. The molecular weight excluding hydrogens is 224 g/mol. The standard InChI is InChI=1S/C16H31O2/c1-3-4-5-6-7-8-9-10-11-12-13-15(2)14-16(17)18/h15H,1,3-14H2,2H3,(H,17,18). The Balaban J connectivity index is 3.09. The fraction of sp³-hybridized carbons (Fsp3) is 0.875. The topological polar surface area (TPSA) is 37.3 Å². The fourth-order valence-corrected chi connectivity index (χ4v) is 2.31. The van der Waals surface area contributed by atoms with Gasteiger partial charge in [-0.3, -0.25) is 4.79 Å². The average Bonchev–Trinajstić information content (AvgIpc) is 2.30. The maximum Gasteiger partial charge on any atom is 0.303 e. The summed E-state index contributed by atoms with van der Waals surface area (Å²) < 4.78 is 0. The lowest BCUT2D eigenvalue weighted by atomic mass is 9.99. The van der Waals surface area contributed by atoms with E-state index in [2.05, 4.69) is 6.92 Å². The molecule has 1 unspecified atom stereocenters. The van der Waals surface area contributed by atoms with Gasteiger partial charge in [0.15, 0.2) is 0 Å². The molecule has 0 saturated heterocycles. The summed E-state index contributed by atoms with van der Waals surface area (Å²) in [6, 6.07) is 0. The molecule has 0 aliphatic carbocycles. The van der Waals surface area contributed by atoms with Crippen LogP contribution in [0.1, 0.15) is 84.0 Å². The number of unbranched alkanes of at least 4 members (excludes halogenated alkanes) is 9. The second-order valence-electron chi connectivity index (χ2n) is 5.53. The second kappa shape index (κ2) is 12.9. The van der Waals surface area contributed by atoms with Crippen molar-refractivity contribution in [3.8, 4) is 0 Å². The molecule has 1 N–H and O–H groups in total. The lowest BCUT2D eigenvalue weighted by molar-refractivity contribution is -0.138. The van der Waals surface area contributed by atoms with Crippen LogP contribution in [0.3, 0.4) is 0 Å². The molecule has 0 aromatic heterocycles. The summed E-state index contributed by atoms with van der Waals surface area (Å²) in [7, 11) is 0. The van der Waals surface area contributed by atoms with E-state index >= 15 is 0 Å². The van der Waals surface area contributed by atoms with Crippen molar-refractivity contribution < 1.29 is 9.90 Å². The maximum absolute atomic E-state index is 10.5. The number of carboxylic acid groups (broad SMARTS) is 1. The van der Waals surface area contributed by atoms with Gasteiger partial charge in [-0.1, -0.05) is 84.5 Å². The minimum absolute atomic E-state index is 0.326. The summed E-state index contributed by atoms with van der Waals surface area (Å²) in [6.45, 7) is 5.89. The highest BCUT2D eigenvalue weighted by Gasteiger charge is 2.06. The molecule has 0 heterocycles. The van der Waals surface area contributed by atoms with E-state index in [1.807, 2.05) is 6.92 Å². The van der Waals surface area contributed by atoms with Gasteiger partial charge in [-0.05, 0) is 5.92 Å². The van der Waals surface area contributed by atoms with E-state index in [0.717, 1.165) is 12.8 Å². The first-order valence-electron chi connectivity index (χ1n) is 7.68. The predicted molar refractivity (Wildman–Crippen MR) is 77.6 cm³/mol. The molecule has 0 rings (SSSR count). The highest BCUT2D eigenvalue weighted by atomic mass is 16.4. The van der Waals surface area contributed by atoms with Gasteiger partial charge in [-0.15, -0.1) is 0 Å². The average molecular weight is 255 g/mol. The number of carbonyl (C=O) groups is 1. The van der Waals surface area contributed by atoms with Crippen molar-refractivity contribution in [2.75, 3.05) is 0 Å². The third-order valence-electron chi connectivity index (χ3n) is 3.47. The van der Waals surface area contributed by atoms with Crippen LogP contribution in [0.15, 0.2) is 0 Å². The zero-order chi connectivity index (χ0) is 13.6. The Hall–Kier alpha value is -0.530. The molecule has 1 radical (unpaired) electrons. The van der Waals surface area contributed by atoms with Crippen LogP contribution in [-0.2, 0) is 4.79 Å². The Kier molecular flexibility index (Phi) is 12.5. The molecule has 0 amide bonds. The smallest absolute Gasteiger partial charge is 0.303 e. The van der Waals surface area contributed by atoms with Crippen molar-refractivity contribution in [3.05, 3.63) is 6.92 Å².